The van der Waals surface area contributed by atoms with Crippen LogP contribution in [-0.2, 0) is 4.74 Å². The van der Waals surface area contributed by atoms with Crippen molar-refractivity contribution in [3.05, 3.63) is 65.4 Å². The van der Waals surface area contributed by atoms with Crippen LogP contribution in [0.3, 0.4) is 0 Å². The molecule has 2 aromatic carbocycles. The molecule has 0 aliphatic heterocycles. The summed E-state index contributed by atoms with van der Waals surface area (Å²) in [6.45, 7) is 6.15. The standard InChI is InChI=1S/C22H21N5O2/c1-4-29-22(28)18-12-24-27(20(18)23)21-17-8-6-5-7-16(17)19(25-26-21)15-10-9-13(2)14(3)11-15/h5-12H,4,23H2,1-3H3. The molecule has 0 amide bonds. The maximum absolute atomic E-state index is 12.1. The molecule has 0 unspecified atom stereocenters. The zero-order valence-corrected chi connectivity index (χ0v) is 16.5. The van der Waals surface area contributed by atoms with E-state index in [1.54, 1.807) is 6.92 Å². The number of aromatic nitrogens is 4. The molecule has 0 spiro atoms. The molecular weight excluding hydrogens is 366 g/mol. The molecule has 2 heterocycles. The van der Waals surface area contributed by atoms with E-state index in [-0.39, 0.29) is 18.0 Å². The van der Waals surface area contributed by atoms with Crippen molar-refractivity contribution < 1.29 is 9.53 Å². The van der Waals surface area contributed by atoms with Crippen LogP contribution in [0.5, 0.6) is 0 Å². The highest BCUT2D eigenvalue weighted by Crippen LogP contribution is 2.31. The number of ether oxygens (including phenoxy) is 1. The molecule has 0 radical (unpaired) electrons. The summed E-state index contributed by atoms with van der Waals surface area (Å²) >= 11 is 0. The molecule has 146 valence electrons. The van der Waals surface area contributed by atoms with E-state index in [0.29, 0.717) is 5.82 Å². The van der Waals surface area contributed by atoms with Gasteiger partial charge in [-0.1, -0.05) is 36.4 Å². The summed E-state index contributed by atoms with van der Waals surface area (Å²) < 4.78 is 6.46. The summed E-state index contributed by atoms with van der Waals surface area (Å²) in [5, 5.41) is 14.9. The summed E-state index contributed by atoms with van der Waals surface area (Å²) in [6, 6.07) is 14.0. The quantitative estimate of drug-likeness (QED) is 0.534. The van der Waals surface area contributed by atoms with Crippen LogP contribution >= 0.6 is 0 Å². The Bertz CT molecular complexity index is 1230. The van der Waals surface area contributed by atoms with Gasteiger partial charge in [0.05, 0.1) is 12.8 Å². The molecular formula is C22H21N5O2. The Hall–Kier alpha value is -3.74. The first kappa shape index (κ1) is 18.6. The third-order valence-electron chi connectivity index (χ3n) is 4.95. The highest BCUT2D eigenvalue weighted by atomic mass is 16.5. The third kappa shape index (κ3) is 3.20. The first-order chi connectivity index (χ1) is 14.0. The monoisotopic (exact) mass is 387 g/mol. The van der Waals surface area contributed by atoms with Crippen LogP contribution in [0.1, 0.15) is 28.4 Å². The number of anilines is 1. The van der Waals surface area contributed by atoms with Gasteiger partial charge in [-0.3, -0.25) is 0 Å². The average Bonchev–Trinajstić information content (AvgIpc) is 3.11. The second kappa shape index (κ2) is 7.35. The van der Waals surface area contributed by atoms with Gasteiger partial charge in [0.25, 0.3) is 0 Å². The van der Waals surface area contributed by atoms with Crippen molar-refractivity contribution in [2.75, 3.05) is 12.3 Å². The SMILES string of the molecule is CCOC(=O)c1cnn(-c2nnc(-c3ccc(C)c(C)c3)c3ccccc23)c1N. The van der Waals surface area contributed by atoms with E-state index in [9.17, 15) is 4.79 Å². The number of carbonyl (C=O) groups is 1. The number of nitrogens with zero attached hydrogens (tertiary/aromatic N) is 4. The Morgan fingerprint density at radius 1 is 1.07 bits per heavy atom. The van der Waals surface area contributed by atoms with Crippen LogP contribution in [0.15, 0.2) is 48.7 Å². The molecule has 4 rings (SSSR count). The van der Waals surface area contributed by atoms with E-state index in [1.807, 2.05) is 30.3 Å². The Balaban J connectivity index is 1.89. The first-order valence-corrected chi connectivity index (χ1v) is 9.35. The number of rotatable bonds is 4. The highest BCUT2D eigenvalue weighted by Gasteiger charge is 2.20. The molecule has 0 bridgehead atoms. The molecule has 0 atom stereocenters. The fraction of sp³-hybridized carbons (Fsp3) is 0.182. The lowest BCUT2D eigenvalue weighted by Crippen LogP contribution is -2.10. The normalized spacial score (nSPS) is 11.0. The van der Waals surface area contributed by atoms with Crippen molar-refractivity contribution in [2.45, 2.75) is 20.8 Å². The number of hydrogen-bond donors (Lipinski definition) is 1. The van der Waals surface area contributed by atoms with Crippen LogP contribution in [0, 0.1) is 13.8 Å². The van der Waals surface area contributed by atoms with Gasteiger partial charge >= 0.3 is 5.97 Å². The second-order valence-corrected chi connectivity index (χ2v) is 6.79. The fourth-order valence-corrected chi connectivity index (χ4v) is 3.24. The summed E-state index contributed by atoms with van der Waals surface area (Å²) in [6.07, 6.45) is 1.39. The van der Waals surface area contributed by atoms with E-state index >= 15 is 0 Å². The summed E-state index contributed by atoms with van der Waals surface area (Å²) in [7, 11) is 0. The van der Waals surface area contributed by atoms with Crippen molar-refractivity contribution in [1.29, 1.82) is 0 Å². The number of fused-ring (bicyclic) bond motifs is 1. The van der Waals surface area contributed by atoms with Gasteiger partial charge in [0.2, 0.25) is 0 Å². The highest BCUT2D eigenvalue weighted by molar-refractivity contribution is 5.99. The van der Waals surface area contributed by atoms with Gasteiger partial charge in [-0.2, -0.15) is 9.78 Å². The molecule has 0 aliphatic carbocycles. The van der Waals surface area contributed by atoms with E-state index in [0.717, 1.165) is 22.0 Å². The maximum Gasteiger partial charge on any atom is 0.343 e. The van der Waals surface area contributed by atoms with E-state index in [1.165, 1.54) is 22.0 Å². The zero-order valence-electron chi connectivity index (χ0n) is 16.5. The number of aryl methyl sites for hydroxylation is 2. The summed E-state index contributed by atoms with van der Waals surface area (Å²) in [5.74, 6) is 0.114. The fourth-order valence-electron chi connectivity index (χ4n) is 3.24. The molecule has 0 aliphatic rings. The predicted molar refractivity (Wildman–Crippen MR) is 112 cm³/mol. The molecule has 2 N–H and O–H groups in total. The van der Waals surface area contributed by atoms with Gasteiger partial charge in [-0.25, -0.2) is 4.79 Å². The van der Waals surface area contributed by atoms with Crippen LogP contribution in [-0.4, -0.2) is 32.6 Å². The Kier molecular flexibility index (Phi) is 4.72. The molecule has 0 saturated carbocycles. The number of hydrogen-bond acceptors (Lipinski definition) is 6. The number of esters is 1. The van der Waals surface area contributed by atoms with E-state index in [2.05, 4.69) is 41.3 Å². The number of nitrogens with two attached hydrogens (primary N) is 1. The first-order valence-electron chi connectivity index (χ1n) is 9.35. The van der Waals surface area contributed by atoms with Gasteiger partial charge in [0.15, 0.2) is 5.82 Å². The summed E-state index contributed by atoms with van der Waals surface area (Å²) in [4.78, 5) is 12.1. The lowest BCUT2D eigenvalue weighted by atomic mass is 10.0. The van der Waals surface area contributed by atoms with Crippen LogP contribution in [0.4, 0.5) is 5.82 Å². The topological polar surface area (TPSA) is 95.9 Å². The number of nitrogen functional groups attached to an aromatic ring is 1. The van der Waals surface area contributed by atoms with Crippen LogP contribution in [0.25, 0.3) is 27.8 Å². The molecule has 2 aromatic heterocycles. The summed E-state index contributed by atoms with van der Waals surface area (Å²) in [5.41, 5.74) is 10.6. The molecule has 7 heteroatoms. The molecule has 0 saturated heterocycles. The molecule has 0 fully saturated rings. The van der Waals surface area contributed by atoms with Crippen molar-refractivity contribution in [2.24, 2.45) is 0 Å². The average molecular weight is 387 g/mol. The minimum atomic E-state index is -0.514. The Morgan fingerprint density at radius 2 is 1.83 bits per heavy atom. The predicted octanol–water partition coefficient (Wildman–Crippen LogP) is 3.86. The zero-order chi connectivity index (χ0) is 20.5. The van der Waals surface area contributed by atoms with Gasteiger partial charge in [-0.05, 0) is 38.0 Å². The molecule has 7 nitrogen and oxygen atoms in total. The van der Waals surface area contributed by atoms with Crippen molar-refractivity contribution in [3.8, 4) is 17.1 Å². The van der Waals surface area contributed by atoms with Gasteiger partial charge in [0.1, 0.15) is 17.1 Å². The Labute approximate surface area is 168 Å². The number of carbonyl (C=O) groups excluding carboxylic acids is 1. The minimum Gasteiger partial charge on any atom is -0.462 e. The van der Waals surface area contributed by atoms with Crippen LogP contribution in [0.2, 0.25) is 0 Å². The van der Waals surface area contributed by atoms with Crippen molar-refractivity contribution >= 4 is 22.6 Å². The van der Waals surface area contributed by atoms with Gasteiger partial charge < -0.3 is 10.5 Å². The minimum absolute atomic E-state index is 0.168. The maximum atomic E-state index is 12.1. The van der Waals surface area contributed by atoms with E-state index < -0.39 is 5.97 Å². The van der Waals surface area contributed by atoms with Crippen molar-refractivity contribution in [1.82, 2.24) is 20.0 Å². The van der Waals surface area contributed by atoms with Gasteiger partial charge in [0, 0.05) is 16.3 Å². The van der Waals surface area contributed by atoms with Crippen LogP contribution < -0.4 is 5.73 Å². The lowest BCUT2D eigenvalue weighted by molar-refractivity contribution is 0.0527. The lowest BCUT2D eigenvalue weighted by Gasteiger charge is -2.11. The molecule has 29 heavy (non-hydrogen) atoms. The third-order valence-corrected chi connectivity index (χ3v) is 4.95. The van der Waals surface area contributed by atoms with E-state index in [4.69, 9.17) is 10.5 Å². The molecule has 4 aromatic rings. The van der Waals surface area contributed by atoms with Gasteiger partial charge in [-0.15, -0.1) is 10.2 Å². The number of benzene rings is 2. The second-order valence-electron chi connectivity index (χ2n) is 6.79. The Morgan fingerprint density at radius 3 is 2.55 bits per heavy atom. The largest absolute Gasteiger partial charge is 0.462 e. The smallest absolute Gasteiger partial charge is 0.343 e. The van der Waals surface area contributed by atoms with Crippen molar-refractivity contribution in [3.63, 3.8) is 0 Å².